The number of hydrogen-bond acceptors (Lipinski definition) is 1. The standard InChI is InChI=1S/C11H15N/c1-9(2)11(12-3)10-7-5-4-6-8-10/h4-8,11-12H,1H2,2-3H3. The lowest BCUT2D eigenvalue weighted by atomic mass is 10.0. The molecule has 0 aromatic heterocycles. The van der Waals surface area contributed by atoms with E-state index in [1.807, 2.05) is 32.2 Å². The predicted molar refractivity (Wildman–Crippen MR) is 53.1 cm³/mol. The summed E-state index contributed by atoms with van der Waals surface area (Å²) in [6.45, 7) is 5.98. The molecule has 0 aliphatic rings. The molecule has 0 bridgehead atoms. The van der Waals surface area contributed by atoms with Gasteiger partial charge in [-0.1, -0.05) is 42.5 Å². The van der Waals surface area contributed by atoms with Gasteiger partial charge in [-0.25, -0.2) is 0 Å². The molecule has 0 aliphatic carbocycles. The Hall–Kier alpha value is -1.08. The fourth-order valence-corrected chi connectivity index (χ4v) is 1.34. The van der Waals surface area contributed by atoms with Crippen molar-refractivity contribution in [1.29, 1.82) is 0 Å². The first-order valence-electron chi connectivity index (χ1n) is 4.13. The number of nitrogens with one attached hydrogen (secondary N) is 1. The zero-order valence-corrected chi connectivity index (χ0v) is 7.67. The van der Waals surface area contributed by atoms with Crippen molar-refractivity contribution < 1.29 is 0 Å². The number of likely N-dealkylation sites (N-methyl/N-ethyl adjacent to an activating group) is 1. The van der Waals surface area contributed by atoms with Crippen molar-refractivity contribution in [3.63, 3.8) is 0 Å². The van der Waals surface area contributed by atoms with E-state index < -0.39 is 0 Å². The van der Waals surface area contributed by atoms with E-state index >= 15 is 0 Å². The first-order valence-corrected chi connectivity index (χ1v) is 4.13. The van der Waals surface area contributed by atoms with E-state index in [2.05, 4.69) is 24.0 Å². The van der Waals surface area contributed by atoms with Crippen LogP contribution in [0, 0.1) is 0 Å². The molecule has 1 atom stereocenters. The van der Waals surface area contributed by atoms with Crippen molar-refractivity contribution >= 4 is 0 Å². The van der Waals surface area contributed by atoms with Gasteiger partial charge >= 0.3 is 0 Å². The molecule has 1 heteroatoms. The summed E-state index contributed by atoms with van der Waals surface area (Å²) in [5.41, 5.74) is 2.41. The molecule has 0 spiro atoms. The molecule has 1 aromatic rings. The maximum absolute atomic E-state index is 3.94. The molecule has 0 aliphatic heterocycles. The topological polar surface area (TPSA) is 12.0 Å². The van der Waals surface area contributed by atoms with Crippen LogP contribution in [0.15, 0.2) is 42.5 Å². The molecule has 0 heterocycles. The molecule has 12 heavy (non-hydrogen) atoms. The van der Waals surface area contributed by atoms with Gasteiger partial charge in [0.25, 0.3) is 0 Å². The molecular formula is C11H15N. The Morgan fingerprint density at radius 2 is 1.92 bits per heavy atom. The minimum absolute atomic E-state index is 0.284. The second kappa shape index (κ2) is 4.07. The maximum atomic E-state index is 3.94. The van der Waals surface area contributed by atoms with Gasteiger partial charge in [0.1, 0.15) is 0 Å². The normalized spacial score (nSPS) is 12.5. The highest BCUT2D eigenvalue weighted by atomic mass is 14.9. The highest BCUT2D eigenvalue weighted by Crippen LogP contribution is 2.18. The van der Waals surface area contributed by atoms with Crippen LogP contribution < -0.4 is 5.32 Å². The fraction of sp³-hybridized carbons (Fsp3) is 0.273. The average molecular weight is 161 g/mol. The summed E-state index contributed by atoms with van der Waals surface area (Å²) >= 11 is 0. The van der Waals surface area contributed by atoms with E-state index in [1.165, 1.54) is 5.56 Å². The predicted octanol–water partition coefficient (Wildman–Crippen LogP) is 2.52. The van der Waals surface area contributed by atoms with E-state index in [-0.39, 0.29) is 6.04 Å². The average Bonchev–Trinajstić information content (AvgIpc) is 2.07. The minimum Gasteiger partial charge on any atom is -0.310 e. The van der Waals surface area contributed by atoms with Gasteiger partial charge in [0.2, 0.25) is 0 Å². The molecule has 1 unspecified atom stereocenters. The van der Waals surface area contributed by atoms with Crippen molar-refractivity contribution in [2.24, 2.45) is 0 Å². The van der Waals surface area contributed by atoms with Crippen LogP contribution in [0.1, 0.15) is 18.5 Å². The SMILES string of the molecule is C=C(C)C(NC)c1ccccc1. The molecule has 0 saturated heterocycles. The van der Waals surface area contributed by atoms with Crippen LogP contribution in [0.25, 0.3) is 0 Å². The van der Waals surface area contributed by atoms with Crippen LogP contribution >= 0.6 is 0 Å². The molecule has 0 fully saturated rings. The highest BCUT2D eigenvalue weighted by molar-refractivity contribution is 5.25. The third-order valence-electron chi connectivity index (χ3n) is 1.91. The van der Waals surface area contributed by atoms with Crippen LogP contribution in [0.3, 0.4) is 0 Å². The lowest BCUT2D eigenvalue weighted by molar-refractivity contribution is 0.680. The van der Waals surface area contributed by atoms with Crippen LogP contribution in [0.4, 0.5) is 0 Å². The minimum atomic E-state index is 0.284. The van der Waals surface area contributed by atoms with Crippen molar-refractivity contribution in [2.45, 2.75) is 13.0 Å². The van der Waals surface area contributed by atoms with Crippen molar-refractivity contribution in [3.05, 3.63) is 48.0 Å². The first kappa shape index (κ1) is 9.01. The van der Waals surface area contributed by atoms with Crippen molar-refractivity contribution in [2.75, 3.05) is 7.05 Å². The summed E-state index contributed by atoms with van der Waals surface area (Å²) in [6, 6.07) is 10.6. The van der Waals surface area contributed by atoms with Gasteiger partial charge in [0, 0.05) is 0 Å². The smallest absolute Gasteiger partial charge is 0.0528 e. The Kier molecular flexibility index (Phi) is 3.06. The van der Waals surface area contributed by atoms with Crippen molar-refractivity contribution in [3.8, 4) is 0 Å². The second-order valence-corrected chi connectivity index (χ2v) is 2.98. The lowest BCUT2D eigenvalue weighted by Crippen LogP contribution is -2.16. The monoisotopic (exact) mass is 161 g/mol. The molecule has 0 saturated carbocycles. The summed E-state index contributed by atoms with van der Waals surface area (Å²) in [5, 5.41) is 3.22. The summed E-state index contributed by atoms with van der Waals surface area (Å²) < 4.78 is 0. The van der Waals surface area contributed by atoms with Crippen LogP contribution in [0.2, 0.25) is 0 Å². The number of hydrogen-bond donors (Lipinski definition) is 1. The second-order valence-electron chi connectivity index (χ2n) is 2.98. The van der Waals surface area contributed by atoms with Gasteiger partial charge in [-0.15, -0.1) is 0 Å². The highest BCUT2D eigenvalue weighted by Gasteiger charge is 2.07. The van der Waals surface area contributed by atoms with Crippen molar-refractivity contribution in [1.82, 2.24) is 5.32 Å². The Labute approximate surface area is 74.1 Å². The zero-order valence-electron chi connectivity index (χ0n) is 7.67. The third-order valence-corrected chi connectivity index (χ3v) is 1.91. The summed E-state index contributed by atoms with van der Waals surface area (Å²) in [4.78, 5) is 0. The number of rotatable bonds is 3. The zero-order chi connectivity index (χ0) is 8.97. The van der Waals surface area contributed by atoms with Gasteiger partial charge < -0.3 is 5.32 Å². The Morgan fingerprint density at radius 3 is 2.33 bits per heavy atom. The summed E-state index contributed by atoms with van der Waals surface area (Å²) in [5.74, 6) is 0. The lowest BCUT2D eigenvalue weighted by Gasteiger charge is -2.15. The molecule has 0 amide bonds. The van der Waals surface area contributed by atoms with Crippen LogP contribution in [0.5, 0.6) is 0 Å². The summed E-state index contributed by atoms with van der Waals surface area (Å²) in [7, 11) is 1.95. The molecule has 0 radical (unpaired) electrons. The Bertz CT molecular complexity index is 251. The molecule has 1 rings (SSSR count). The largest absolute Gasteiger partial charge is 0.310 e. The van der Waals surface area contributed by atoms with Gasteiger partial charge in [-0.2, -0.15) is 0 Å². The van der Waals surface area contributed by atoms with Crippen LogP contribution in [-0.4, -0.2) is 7.05 Å². The third kappa shape index (κ3) is 1.95. The van der Waals surface area contributed by atoms with Gasteiger partial charge in [0.05, 0.1) is 6.04 Å². The quantitative estimate of drug-likeness (QED) is 0.672. The van der Waals surface area contributed by atoms with Crippen LogP contribution in [-0.2, 0) is 0 Å². The number of benzene rings is 1. The van der Waals surface area contributed by atoms with E-state index in [4.69, 9.17) is 0 Å². The van der Waals surface area contributed by atoms with Gasteiger partial charge in [-0.05, 0) is 19.5 Å². The van der Waals surface area contributed by atoms with E-state index in [9.17, 15) is 0 Å². The molecule has 64 valence electrons. The first-order chi connectivity index (χ1) is 5.75. The molecular weight excluding hydrogens is 146 g/mol. The molecule has 1 N–H and O–H groups in total. The van der Waals surface area contributed by atoms with Gasteiger partial charge in [-0.3, -0.25) is 0 Å². The van der Waals surface area contributed by atoms with Gasteiger partial charge in [0.15, 0.2) is 0 Å². The van der Waals surface area contributed by atoms with E-state index in [0.29, 0.717) is 0 Å². The molecule has 1 nitrogen and oxygen atoms in total. The van der Waals surface area contributed by atoms with E-state index in [0.717, 1.165) is 5.57 Å². The fourth-order valence-electron chi connectivity index (χ4n) is 1.34. The van der Waals surface area contributed by atoms with E-state index in [1.54, 1.807) is 0 Å². The summed E-state index contributed by atoms with van der Waals surface area (Å²) in [6.07, 6.45) is 0. The Balaban J connectivity index is 2.88. The molecule has 1 aromatic carbocycles. The maximum Gasteiger partial charge on any atom is 0.0528 e. The Morgan fingerprint density at radius 1 is 1.33 bits per heavy atom.